The summed E-state index contributed by atoms with van der Waals surface area (Å²) in [7, 11) is -2.24. The van der Waals surface area contributed by atoms with Crippen LogP contribution in [0, 0.1) is 6.92 Å². The zero-order valence-electron chi connectivity index (χ0n) is 20.4. The molecule has 0 atom stereocenters. The van der Waals surface area contributed by atoms with E-state index in [0.29, 0.717) is 26.2 Å². The van der Waals surface area contributed by atoms with Crippen LogP contribution in [0.5, 0.6) is 5.75 Å². The van der Waals surface area contributed by atoms with Crippen LogP contribution in [0.2, 0.25) is 0 Å². The monoisotopic (exact) mass is 571 g/mol. The first-order valence-corrected chi connectivity index (χ1v) is 14.0. The lowest BCUT2D eigenvalue weighted by atomic mass is 10.1. The number of nitrogens with zero attached hydrogens (tertiary/aromatic N) is 3. The second kappa shape index (κ2) is 11.5. The second-order valence-corrected chi connectivity index (χ2v) is 11.6. The van der Waals surface area contributed by atoms with Crippen molar-refractivity contribution in [2.24, 2.45) is 0 Å². The first kappa shape index (κ1) is 26.2. The van der Waals surface area contributed by atoms with E-state index in [9.17, 15) is 13.2 Å². The molecule has 1 aliphatic rings. The van der Waals surface area contributed by atoms with Crippen molar-refractivity contribution in [1.82, 2.24) is 9.21 Å². The minimum absolute atomic E-state index is 0.121. The van der Waals surface area contributed by atoms with E-state index in [1.807, 2.05) is 55.5 Å². The number of methoxy groups -OCH3 is 1. The molecule has 1 heterocycles. The maximum absolute atomic E-state index is 13.5. The number of anilines is 1. The van der Waals surface area contributed by atoms with Gasteiger partial charge in [0.15, 0.2) is 0 Å². The van der Waals surface area contributed by atoms with Crippen molar-refractivity contribution in [3.8, 4) is 5.75 Å². The molecule has 1 aliphatic heterocycles. The Hall–Kier alpha value is -2.88. The summed E-state index contributed by atoms with van der Waals surface area (Å²) in [4.78, 5) is 17.4. The third-order valence-electron chi connectivity index (χ3n) is 6.31. The summed E-state index contributed by atoms with van der Waals surface area (Å²) in [5, 5.41) is 0. The van der Waals surface area contributed by atoms with Crippen LogP contribution in [0.4, 0.5) is 5.69 Å². The molecule has 3 aromatic carbocycles. The normalized spacial score (nSPS) is 14.2. The summed E-state index contributed by atoms with van der Waals surface area (Å²) in [6, 6.07) is 22.0. The van der Waals surface area contributed by atoms with Gasteiger partial charge in [0.1, 0.15) is 5.75 Å². The van der Waals surface area contributed by atoms with Gasteiger partial charge in [-0.1, -0.05) is 45.8 Å². The van der Waals surface area contributed by atoms with Gasteiger partial charge in [0.05, 0.1) is 18.6 Å². The molecular weight excluding hydrogens is 542 g/mol. The maximum Gasteiger partial charge on any atom is 0.243 e. The molecule has 7 nitrogen and oxygen atoms in total. The van der Waals surface area contributed by atoms with E-state index < -0.39 is 10.0 Å². The summed E-state index contributed by atoms with van der Waals surface area (Å²) in [5.74, 6) is 0.602. The smallest absolute Gasteiger partial charge is 0.243 e. The average Bonchev–Trinajstić information content (AvgIpc) is 2.90. The third-order valence-corrected chi connectivity index (χ3v) is 8.65. The first-order valence-electron chi connectivity index (χ1n) is 11.7. The van der Waals surface area contributed by atoms with Crippen molar-refractivity contribution in [2.45, 2.75) is 18.4 Å². The number of halogens is 1. The molecule has 0 bridgehead atoms. The van der Waals surface area contributed by atoms with E-state index in [4.69, 9.17) is 4.74 Å². The summed E-state index contributed by atoms with van der Waals surface area (Å²) >= 11 is 3.35. The molecule has 0 saturated carbocycles. The molecule has 1 fully saturated rings. The summed E-state index contributed by atoms with van der Waals surface area (Å²) in [6.45, 7) is 4.30. The van der Waals surface area contributed by atoms with Crippen LogP contribution < -0.4 is 9.64 Å². The fourth-order valence-electron chi connectivity index (χ4n) is 4.14. The predicted octanol–water partition coefficient (Wildman–Crippen LogP) is 4.31. The SMILES string of the molecule is COc1ccc(N2CCN(C(=O)CN(Cc3ccc(C)cc3)S(=O)(=O)c3ccc(Br)cc3)CC2)cc1. The van der Waals surface area contributed by atoms with E-state index in [0.717, 1.165) is 27.0 Å². The predicted molar refractivity (Wildman–Crippen MR) is 145 cm³/mol. The van der Waals surface area contributed by atoms with Crippen LogP contribution >= 0.6 is 15.9 Å². The van der Waals surface area contributed by atoms with Gasteiger partial charge < -0.3 is 14.5 Å². The van der Waals surface area contributed by atoms with Crippen molar-refractivity contribution in [3.63, 3.8) is 0 Å². The lowest BCUT2D eigenvalue weighted by Crippen LogP contribution is -2.51. The number of ether oxygens (including phenoxy) is 1. The largest absolute Gasteiger partial charge is 0.497 e. The number of piperazine rings is 1. The van der Waals surface area contributed by atoms with Crippen LogP contribution in [0.1, 0.15) is 11.1 Å². The summed E-state index contributed by atoms with van der Waals surface area (Å²) < 4.78 is 34.4. The standard InChI is InChI=1S/C27H30BrN3O4S/c1-21-3-5-22(6-4-21)19-31(36(33,34)26-13-7-23(28)8-14-26)20-27(32)30-17-15-29(16-18-30)24-9-11-25(35-2)12-10-24/h3-14H,15-20H2,1-2H3. The topological polar surface area (TPSA) is 70.2 Å². The number of aryl methyl sites for hydroxylation is 1. The van der Waals surface area contributed by atoms with Crippen LogP contribution in [0.15, 0.2) is 82.2 Å². The minimum atomic E-state index is -3.88. The van der Waals surface area contributed by atoms with Crippen LogP contribution in [0.3, 0.4) is 0 Å². The van der Waals surface area contributed by atoms with Gasteiger partial charge >= 0.3 is 0 Å². The van der Waals surface area contributed by atoms with Gasteiger partial charge in [0.25, 0.3) is 0 Å². The Labute approximate surface area is 221 Å². The zero-order chi connectivity index (χ0) is 25.7. The number of rotatable bonds is 8. The average molecular weight is 573 g/mol. The van der Waals surface area contributed by atoms with Gasteiger partial charge in [0, 0.05) is 42.9 Å². The number of carbonyl (C=O) groups excluding carboxylic acids is 1. The van der Waals surface area contributed by atoms with E-state index in [-0.39, 0.29) is 23.9 Å². The number of carbonyl (C=O) groups is 1. The second-order valence-electron chi connectivity index (χ2n) is 8.78. The van der Waals surface area contributed by atoms with Crippen molar-refractivity contribution < 1.29 is 17.9 Å². The summed E-state index contributed by atoms with van der Waals surface area (Å²) in [5.41, 5.74) is 2.99. The highest BCUT2D eigenvalue weighted by Gasteiger charge is 2.30. The molecular formula is C27H30BrN3O4S. The lowest BCUT2D eigenvalue weighted by molar-refractivity contribution is -0.131. The molecule has 0 radical (unpaired) electrons. The van der Waals surface area contributed by atoms with Crippen LogP contribution in [0.25, 0.3) is 0 Å². The van der Waals surface area contributed by atoms with Gasteiger partial charge in [-0.05, 0) is 61.0 Å². The number of hydrogen-bond acceptors (Lipinski definition) is 5. The number of sulfonamides is 1. The van der Waals surface area contributed by atoms with Crippen molar-refractivity contribution >= 4 is 37.5 Å². The Balaban J connectivity index is 1.47. The highest BCUT2D eigenvalue weighted by atomic mass is 79.9. The number of amides is 1. The Bertz CT molecular complexity index is 1270. The molecule has 1 amide bonds. The van der Waals surface area contributed by atoms with E-state index in [2.05, 4.69) is 20.8 Å². The molecule has 3 aromatic rings. The Morgan fingerprint density at radius 2 is 1.53 bits per heavy atom. The first-order chi connectivity index (χ1) is 17.3. The highest BCUT2D eigenvalue weighted by molar-refractivity contribution is 9.10. The highest BCUT2D eigenvalue weighted by Crippen LogP contribution is 2.23. The molecule has 9 heteroatoms. The van der Waals surface area contributed by atoms with Crippen molar-refractivity contribution in [3.05, 3.63) is 88.4 Å². The molecule has 1 saturated heterocycles. The van der Waals surface area contributed by atoms with Gasteiger partial charge in [-0.3, -0.25) is 4.79 Å². The van der Waals surface area contributed by atoms with Crippen LogP contribution in [-0.4, -0.2) is 63.4 Å². The molecule has 0 aromatic heterocycles. The number of benzene rings is 3. The van der Waals surface area contributed by atoms with Gasteiger partial charge in [0.2, 0.25) is 15.9 Å². The fraction of sp³-hybridized carbons (Fsp3) is 0.296. The van der Waals surface area contributed by atoms with Crippen molar-refractivity contribution in [1.29, 1.82) is 0 Å². The van der Waals surface area contributed by atoms with Crippen molar-refractivity contribution in [2.75, 3.05) is 44.7 Å². The molecule has 4 rings (SSSR count). The molecule has 0 N–H and O–H groups in total. The van der Waals surface area contributed by atoms with Gasteiger partial charge in [-0.15, -0.1) is 0 Å². The van der Waals surface area contributed by atoms with Gasteiger partial charge in [-0.2, -0.15) is 4.31 Å². The Kier molecular flexibility index (Phi) is 8.33. The molecule has 0 unspecified atom stereocenters. The van der Waals surface area contributed by atoms with E-state index in [1.165, 1.54) is 4.31 Å². The van der Waals surface area contributed by atoms with Crippen LogP contribution in [-0.2, 0) is 21.4 Å². The Morgan fingerprint density at radius 3 is 2.11 bits per heavy atom. The quantitative estimate of drug-likeness (QED) is 0.403. The zero-order valence-corrected chi connectivity index (χ0v) is 22.8. The third kappa shape index (κ3) is 6.27. The molecule has 190 valence electrons. The fourth-order valence-corrected chi connectivity index (χ4v) is 5.78. The lowest BCUT2D eigenvalue weighted by Gasteiger charge is -2.37. The van der Waals surface area contributed by atoms with Gasteiger partial charge in [-0.25, -0.2) is 8.42 Å². The molecule has 0 spiro atoms. The van der Waals surface area contributed by atoms with E-state index >= 15 is 0 Å². The number of hydrogen-bond donors (Lipinski definition) is 0. The summed E-state index contributed by atoms with van der Waals surface area (Å²) in [6.07, 6.45) is 0. The van der Waals surface area contributed by atoms with E-state index in [1.54, 1.807) is 36.3 Å². The Morgan fingerprint density at radius 1 is 0.917 bits per heavy atom. The molecule has 36 heavy (non-hydrogen) atoms. The minimum Gasteiger partial charge on any atom is -0.497 e. The molecule has 0 aliphatic carbocycles. The maximum atomic E-state index is 13.5.